The number of halogens is 2. The molecular formula is C29H33Cl2N3O4S. The summed E-state index contributed by atoms with van der Waals surface area (Å²) in [6.45, 7) is 5.71. The molecule has 0 spiro atoms. The molecule has 0 bridgehead atoms. The molecule has 0 unspecified atom stereocenters. The summed E-state index contributed by atoms with van der Waals surface area (Å²) < 4.78 is 28.6. The summed E-state index contributed by atoms with van der Waals surface area (Å²) in [6, 6.07) is 19.2. The van der Waals surface area contributed by atoms with Gasteiger partial charge in [0.1, 0.15) is 12.6 Å². The van der Waals surface area contributed by atoms with Crippen molar-refractivity contribution in [2.45, 2.75) is 51.1 Å². The summed E-state index contributed by atoms with van der Waals surface area (Å²) in [5, 5.41) is 3.02. The lowest BCUT2D eigenvalue weighted by molar-refractivity contribution is -0.140. The number of sulfonamides is 1. The van der Waals surface area contributed by atoms with E-state index in [1.165, 1.54) is 29.2 Å². The number of hydrogen-bond donors (Lipinski definition) is 1. The maximum atomic E-state index is 14.0. The van der Waals surface area contributed by atoms with E-state index in [2.05, 4.69) is 5.32 Å². The molecule has 0 aliphatic heterocycles. The predicted molar refractivity (Wildman–Crippen MR) is 157 cm³/mol. The fourth-order valence-corrected chi connectivity index (χ4v) is 6.11. The van der Waals surface area contributed by atoms with E-state index in [-0.39, 0.29) is 33.1 Å². The van der Waals surface area contributed by atoms with Crippen LogP contribution >= 0.6 is 23.2 Å². The van der Waals surface area contributed by atoms with Crippen LogP contribution in [0.25, 0.3) is 0 Å². The molecule has 0 aliphatic rings. The molecule has 0 aliphatic carbocycles. The van der Waals surface area contributed by atoms with E-state index in [0.717, 1.165) is 21.9 Å². The van der Waals surface area contributed by atoms with Crippen molar-refractivity contribution < 1.29 is 18.0 Å². The number of nitrogens with one attached hydrogen (secondary N) is 1. The fraction of sp³-hybridized carbons (Fsp3) is 0.310. The lowest BCUT2D eigenvalue weighted by Gasteiger charge is -2.33. The van der Waals surface area contributed by atoms with E-state index >= 15 is 0 Å². The molecule has 0 saturated carbocycles. The van der Waals surface area contributed by atoms with Crippen LogP contribution in [0.3, 0.4) is 0 Å². The minimum atomic E-state index is -4.23. The van der Waals surface area contributed by atoms with Crippen LogP contribution in [0.4, 0.5) is 5.69 Å². The quantitative estimate of drug-likeness (QED) is 0.288. The third kappa shape index (κ3) is 7.53. The Labute approximate surface area is 240 Å². The van der Waals surface area contributed by atoms with E-state index in [1.54, 1.807) is 24.3 Å². The number of carbonyl (C=O) groups is 2. The van der Waals surface area contributed by atoms with Crippen molar-refractivity contribution in [3.63, 3.8) is 0 Å². The summed E-state index contributed by atoms with van der Waals surface area (Å²) in [5.41, 5.74) is 1.89. The van der Waals surface area contributed by atoms with E-state index in [4.69, 9.17) is 23.2 Å². The molecule has 1 atom stereocenters. The fourth-order valence-electron chi connectivity index (χ4n) is 4.21. The van der Waals surface area contributed by atoms with Crippen molar-refractivity contribution in [1.82, 2.24) is 10.2 Å². The molecule has 39 heavy (non-hydrogen) atoms. The number of rotatable bonds is 12. The smallest absolute Gasteiger partial charge is 0.264 e. The Morgan fingerprint density at radius 3 is 2.28 bits per heavy atom. The average molecular weight is 591 g/mol. The Morgan fingerprint density at radius 2 is 1.64 bits per heavy atom. The van der Waals surface area contributed by atoms with E-state index in [9.17, 15) is 18.0 Å². The molecule has 2 amide bonds. The second-order valence-corrected chi connectivity index (χ2v) is 11.8. The Morgan fingerprint density at radius 1 is 0.949 bits per heavy atom. The van der Waals surface area contributed by atoms with Crippen molar-refractivity contribution >= 4 is 50.7 Å². The standard InChI is InChI=1S/C29H33Cl2N3O4S/c1-4-17-32-29(36)25(5-2)33(19-22-12-9-11-21(3)18-22)27(35)20-34(26-16-10-15-24(30)28(26)31)39(37,38)23-13-7-6-8-14-23/h6-16,18,25H,4-5,17,19-20H2,1-3H3,(H,32,36)/t25-/m0/s1. The summed E-state index contributed by atoms with van der Waals surface area (Å²) in [5.74, 6) is -0.843. The van der Waals surface area contributed by atoms with E-state index in [1.807, 2.05) is 45.0 Å². The van der Waals surface area contributed by atoms with Crippen molar-refractivity contribution in [2.24, 2.45) is 0 Å². The molecule has 3 aromatic rings. The van der Waals surface area contributed by atoms with Crippen LogP contribution in [-0.4, -0.2) is 44.3 Å². The van der Waals surface area contributed by atoms with Gasteiger partial charge in [-0.25, -0.2) is 8.42 Å². The molecule has 208 valence electrons. The minimum absolute atomic E-state index is 0.00411. The van der Waals surface area contributed by atoms with Crippen molar-refractivity contribution in [1.29, 1.82) is 0 Å². The van der Waals surface area contributed by atoms with Gasteiger partial charge in [0.2, 0.25) is 11.8 Å². The summed E-state index contributed by atoms with van der Waals surface area (Å²) >= 11 is 12.7. The van der Waals surface area contributed by atoms with Crippen LogP contribution in [0.1, 0.15) is 37.8 Å². The molecule has 7 nitrogen and oxygen atoms in total. The van der Waals surface area contributed by atoms with Crippen LogP contribution in [0.2, 0.25) is 10.0 Å². The number of carbonyl (C=O) groups excluding carboxylic acids is 2. The average Bonchev–Trinajstić information content (AvgIpc) is 2.92. The maximum absolute atomic E-state index is 14.0. The largest absolute Gasteiger partial charge is 0.354 e. The van der Waals surface area contributed by atoms with Crippen LogP contribution in [0.15, 0.2) is 77.7 Å². The van der Waals surface area contributed by atoms with Crippen molar-refractivity contribution in [3.05, 3.63) is 94.0 Å². The molecule has 3 aromatic carbocycles. The van der Waals surface area contributed by atoms with Crippen LogP contribution in [0.5, 0.6) is 0 Å². The van der Waals surface area contributed by atoms with Crippen LogP contribution in [0, 0.1) is 6.92 Å². The van der Waals surface area contributed by atoms with Gasteiger partial charge in [-0.15, -0.1) is 0 Å². The normalized spacial score (nSPS) is 12.0. The number of hydrogen-bond acceptors (Lipinski definition) is 4. The van der Waals surface area contributed by atoms with Gasteiger partial charge in [0.05, 0.1) is 20.6 Å². The zero-order chi connectivity index (χ0) is 28.6. The molecule has 3 rings (SSSR count). The summed E-state index contributed by atoms with van der Waals surface area (Å²) in [7, 11) is -4.23. The number of amides is 2. The Balaban J connectivity index is 2.08. The van der Waals surface area contributed by atoms with Gasteiger partial charge in [0.15, 0.2) is 0 Å². The first-order chi connectivity index (χ1) is 18.6. The van der Waals surface area contributed by atoms with E-state index in [0.29, 0.717) is 13.0 Å². The summed E-state index contributed by atoms with van der Waals surface area (Å²) in [4.78, 5) is 28.6. The predicted octanol–water partition coefficient (Wildman–Crippen LogP) is 5.83. The SMILES string of the molecule is CCCNC(=O)[C@H](CC)N(Cc1cccc(C)c1)C(=O)CN(c1cccc(Cl)c1Cl)S(=O)(=O)c1ccccc1. The Hall–Kier alpha value is -3.07. The summed E-state index contributed by atoms with van der Waals surface area (Å²) in [6.07, 6.45) is 1.08. The van der Waals surface area contributed by atoms with Crippen LogP contribution in [-0.2, 0) is 26.2 Å². The Kier molecular flexibility index (Phi) is 10.8. The van der Waals surface area contributed by atoms with Gasteiger partial charge in [-0.1, -0.05) is 91.1 Å². The van der Waals surface area contributed by atoms with Crippen molar-refractivity contribution in [3.8, 4) is 0 Å². The first-order valence-electron chi connectivity index (χ1n) is 12.7. The number of nitrogens with zero attached hydrogens (tertiary/aromatic N) is 2. The molecule has 0 saturated heterocycles. The van der Waals surface area contributed by atoms with Gasteiger partial charge in [-0.2, -0.15) is 0 Å². The highest BCUT2D eigenvalue weighted by Gasteiger charge is 2.34. The second kappa shape index (κ2) is 13.8. The highest BCUT2D eigenvalue weighted by atomic mass is 35.5. The van der Waals surface area contributed by atoms with Gasteiger partial charge in [0, 0.05) is 13.1 Å². The van der Waals surface area contributed by atoms with Gasteiger partial charge < -0.3 is 10.2 Å². The van der Waals surface area contributed by atoms with Gasteiger partial charge in [-0.05, 0) is 49.6 Å². The highest BCUT2D eigenvalue weighted by Crippen LogP contribution is 2.35. The maximum Gasteiger partial charge on any atom is 0.264 e. The van der Waals surface area contributed by atoms with Gasteiger partial charge in [-0.3, -0.25) is 13.9 Å². The highest BCUT2D eigenvalue weighted by molar-refractivity contribution is 7.92. The monoisotopic (exact) mass is 589 g/mol. The first kappa shape index (κ1) is 30.5. The topological polar surface area (TPSA) is 86.8 Å². The molecule has 0 radical (unpaired) electrons. The van der Waals surface area contributed by atoms with E-state index < -0.39 is 28.5 Å². The van der Waals surface area contributed by atoms with Crippen molar-refractivity contribution in [2.75, 3.05) is 17.4 Å². The van der Waals surface area contributed by atoms with Crippen LogP contribution < -0.4 is 9.62 Å². The third-order valence-electron chi connectivity index (χ3n) is 6.18. The lowest BCUT2D eigenvalue weighted by atomic mass is 10.1. The van der Waals surface area contributed by atoms with Gasteiger partial charge >= 0.3 is 0 Å². The number of benzene rings is 3. The molecular weight excluding hydrogens is 557 g/mol. The molecule has 0 fully saturated rings. The number of aryl methyl sites for hydroxylation is 1. The molecule has 10 heteroatoms. The zero-order valence-corrected chi connectivity index (χ0v) is 24.6. The Bertz CT molecular complexity index is 1400. The first-order valence-corrected chi connectivity index (χ1v) is 14.9. The second-order valence-electron chi connectivity index (χ2n) is 9.12. The molecule has 0 heterocycles. The van der Waals surface area contributed by atoms with Gasteiger partial charge in [0.25, 0.3) is 10.0 Å². The molecule has 1 N–H and O–H groups in total. The minimum Gasteiger partial charge on any atom is -0.354 e. The lowest BCUT2D eigenvalue weighted by Crippen LogP contribution is -2.52. The molecule has 0 aromatic heterocycles. The zero-order valence-electron chi connectivity index (χ0n) is 22.2. The third-order valence-corrected chi connectivity index (χ3v) is 8.76. The number of anilines is 1.